The molecule has 1 heterocycles. The second kappa shape index (κ2) is 4.81. The van der Waals surface area contributed by atoms with Crippen LogP contribution in [0.3, 0.4) is 0 Å². The topological polar surface area (TPSA) is 89.7 Å². The zero-order valence-electron chi connectivity index (χ0n) is 12.9. The molecule has 6 nitrogen and oxygen atoms in total. The van der Waals surface area contributed by atoms with Crippen LogP contribution in [0.15, 0.2) is 30.3 Å². The third-order valence-corrected chi connectivity index (χ3v) is 4.01. The molecule has 1 aliphatic heterocycles. The molecule has 0 aromatic heterocycles. The number of carbonyl (C=O) groups is 1. The fourth-order valence-electron chi connectivity index (χ4n) is 2.94. The van der Waals surface area contributed by atoms with Crippen LogP contribution >= 0.6 is 0 Å². The number of hydrogen-bond donors (Lipinski definition) is 1. The zero-order chi connectivity index (χ0) is 16.9. The number of Topliss-reactive ketones (excluding diaryl/α,β-unsaturated/α-hetero) is 1. The van der Waals surface area contributed by atoms with E-state index in [1.165, 1.54) is 13.0 Å². The minimum absolute atomic E-state index is 0.0128. The van der Waals surface area contributed by atoms with Crippen LogP contribution in [0.4, 0.5) is 5.69 Å². The Morgan fingerprint density at radius 2 is 1.91 bits per heavy atom. The number of nitro groups is 1. The highest BCUT2D eigenvalue weighted by molar-refractivity contribution is 6.01. The van der Waals surface area contributed by atoms with Gasteiger partial charge in [0.25, 0.3) is 0 Å². The van der Waals surface area contributed by atoms with Gasteiger partial charge in [-0.1, -0.05) is 24.3 Å². The van der Waals surface area contributed by atoms with E-state index >= 15 is 0 Å². The molecule has 2 aromatic rings. The molecule has 23 heavy (non-hydrogen) atoms. The molecule has 0 atom stereocenters. The predicted octanol–water partition coefficient (Wildman–Crippen LogP) is 3.80. The molecule has 0 bridgehead atoms. The fraction of sp³-hybridized carbons (Fsp3) is 0.235. The van der Waals surface area contributed by atoms with Gasteiger partial charge in [0.15, 0.2) is 5.78 Å². The lowest BCUT2D eigenvalue weighted by Gasteiger charge is -2.34. The van der Waals surface area contributed by atoms with Gasteiger partial charge in [0.1, 0.15) is 5.60 Å². The van der Waals surface area contributed by atoms with Gasteiger partial charge < -0.3 is 9.84 Å². The highest BCUT2D eigenvalue weighted by Crippen LogP contribution is 2.53. The maximum Gasteiger partial charge on any atom is 0.353 e. The van der Waals surface area contributed by atoms with Crippen molar-refractivity contribution in [2.75, 3.05) is 0 Å². The molecule has 2 aromatic carbocycles. The zero-order valence-corrected chi connectivity index (χ0v) is 12.9. The van der Waals surface area contributed by atoms with E-state index in [4.69, 9.17) is 4.74 Å². The van der Waals surface area contributed by atoms with Crippen molar-refractivity contribution >= 4 is 11.5 Å². The summed E-state index contributed by atoms with van der Waals surface area (Å²) in [7, 11) is 0. The number of phenols is 1. The van der Waals surface area contributed by atoms with Crippen molar-refractivity contribution in [1.29, 1.82) is 0 Å². The van der Waals surface area contributed by atoms with Crippen molar-refractivity contribution in [1.82, 2.24) is 0 Å². The van der Waals surface area contributed by atoms with Crippen molar-refractivity contribution in [3.63, 3.8) is 0 Å². The third kappa shape index (κ3) is 2.14. The lowest BCUT2D eigenvalue weighted by Crippen LogP contribution is -2.29. The number of fused-ring (bicyclic) bond motifs is 3. The van der Waals surface area contributed by atoms with E-state index < -0.39 is 27.7 Å². The van der Waals surface area contributed by atoms with Crippen LogP contribution < -0.4 is 4.74 Å². The van der Waals surface area contributed by atoms with Gasteiger partial charge in [0.2, 0.25) is 11.5 Å². The number of carbonyl (C=O) groups excluding carboxylic acids is 1. The summed E-state index contributed by atoms with van der Waals surface area (Å²) in [6, 6.07) is 8.83. The Labute approximate surface area is 132 Å². The Balaban J connectivity index is 2.45. The van der Waals surface area contributed by atoms with Gasteiger partial charge in [0, 0.05) is 11.1 Å². The van der Waals surface area contributed by atoms with Crippen LogP contribution in [-0.2, 0) is 5.60 Å². The smallest absolute Gasteiger partial charge is 0.353 e. The molecule has 3 rings (SSSR count). The molecule has 0 saturated carbocycles. The number of nitrogens with zero attached hydrogens (tertiary/aromatic N) is 1. The van der Waals surface area contributed by atoms with Crippen LogP contribution in [-0.4, -0.2) is 15.8 Å². The van der Waals surface area contributed by atoms with Gasteiger partial charge in [-0.05, 0) is 32.4 Å². The molecular formula is C17H15NO5. The first-order valence-corrected chi connectivity index (χ1v) is 7.08. The van der Waals surface area contributed by atoms with Crippen molar-refractivity contribution in [2.24, 2.45) is 0 Å². The number of nitro benzene ring substituents is 1. The Hall–Kier alpha value is -2.89. The lowest BCUT2D eigenvalue weighted by atomic mass is 9.85. The maximum absolute atomic E-state index is 11.7. The first kappa shape index (κ1) is 15.0. The van der Waals surface area contributed by atoms with Crippen LogP contribution in [0.1, 0.15) is 36.7 Å². The van der Waals surface area contributed by atoms with Crippen LogP contribution in [0.5, 0.6) is 11.5 Å². The number of benzene rings is 2. The molecule has 0 aliphatic carbocycles. The Morgan fingerprint density at radius 1 is 1.26 bits per heavy atom. The average Bonchev–Trinajstić information content (AvgIpc) is 2.45. The van der Waals surface area contributed by atoms with Gasteiger partial charge in [-0.15, -0.1) is 0 Å². The van der Waals surface area contributed by atoms with Gasteiger partial charge in [-0.2, -0.15) is 0 Å². The van der Waals surface area contributed by atoms with Gasteiger partial charge in [0.05, 0.1) is 10.5 Å². The monoisotopic (exact) mass is 313 g/mol. The standard InChI is InChI=1S/C17H15NO5/c1-9(19)11-8-12-10-6-4-5-7-13(10)17(2,3)23-16(12)14(15(11)20)18(21)22/h4-8,20H,1-3H3. The first-order chi connectivity index (χ1) is 10.7. The average molecular weight is 313 g/mol. The van der Waals surface area contributed by atoms with Crippen molar-refractivity contribution in [3.8, 4) is 22.6 Å². The summed E-state index contributed by atoms with van der Waals surface area (Å²) in [4.78, 5) is 22.5. The highest BCUT2D eigenvalue weighted by atomic mass is 16.6. The third-order valence-electron chi connectivity index (χ3n) is 4.01. The summed E-state index contributed by atoms with van der Waals surface area (Å²) in [5.41, 5.74) is 0.600. The number of ether oxygens (including phenoxy) is 1. The van der Waals surface area contributed by atoms with E-state index in [2.05, 4.69) is 0 Å². The molecule has 0 amide bonds. The van der Waals surface area contributed by atoms with Crippen molar-refractivity contribution in [2.45, 2.75) is 26.4 Å². The van der Waals surface area contributed by atoms with E-state index in [-0.39, 0.29) is 11.3 Å². The molecule has 0 unspecified atom stereocenters. The van der Waals surface area contributed by atoms with E-state index in [9.17, 15) is 20.0 Å². The number of rotatable bonds is 2. The molecule has 1 aliphatic rings. The molecule has 0 radical (unpaired) electrons. The van der Waals surface area contributed by atoms with Crippen LogP contribution in [0.25, 0.3) is 11.1 Å². The summed E-state index contributed by atoms with van der Waals surface area (Å²) in [5, 5.41) is 21.6. The van der Waals surface area contributed by atoms with E-state index in [1.54, 1.807) is 13.8 Å². The minimum atomic E-state index is -0.793. The Bertz CT molecular complexity index is 854. The van der Waals surface area contributed by atoms with E-state index in [1.807, 2.05) is 24.3 Å². The maximum atomic E-state index is 11.7. The summed E-state index contributed by atoms with van der Waals surface area (Å²) in [6.45, 7) is 4.85. The molecule has 6 heteroatoms. The molecular weight excluding hydrogens is 298 g/mol. The van der Waals surface area contributed by atoms with E-state index in [0.717, 1.165) is 11.1 Å². The Morgan fingerprint density at radius 3 is 2.52 bits per heavy atom. The fourth-order valence-corrected chi connectivity index (χ4v) is 2.94. The van der Waals surface area contributed by atoms with Crippen LogP contribution in [0, 0.1) is 10.1 Å². The number of hydrogen-bond acceptors (Lipinski definition) is 5. The van der Waals surface area contributed by atoms with Crippen molar-refractivity contribution in [3.05, 3.63) is 51.6 Å². The predicted molar refractivity (Wildman–Crippen MR) is 83.9 cm³/mol. The number of ketones is 1. The SMILES string of the molecule is CC(=O)c1cc2c(c([N+](=O)[O-])c1O)OC(C)(C)c1ccccc1-2. The minimum Gasteiger partial charge on any atom is -0.501 e. The summed E-state index contributed by atoms with van der Waals surface area (Å²) in [6.07, 6.45) is 0. The largest absolute Gasteiger partial charge is 0.501 e. The van der Waals surface area contributed by atoms with Crippen molar-refractivity contribution < 1.29 is 19.6 Å². The Kier molecular flexibility index (Phi) is 3.14. The number of aromatic hydroxyl groups is 1. The second-order valence-corrected chi connectivity index (χ2v) is 5.97. The second-order valence-electron chi connectivity index (χ2n) is 5.97. The summed E-state index contributed by atoms with van der Waals surface area (Å²) >= 11 is 0. The van der Waals surface area contributed by atoms with E-state index in [0.29, 0.717) is 5.56 Å². The summed E-state index contributed by atoms with van der Waals surface area (Å²) < 4.78 is 5.84. The number of phenolic OH excluding ortho intramolecular Hbond substituents is 1. The normalized spacial score (nSPS) is 14.4. The molecule has 0 fully saturated rings. The van der Waals surface area contributed by atoms with Crippen LogP contribution in [0.2, 0.25) is 0 Å². The first-order valence-electron chi connectivity index (χ1n) is 7.08. The quantitative estimate of drug-likeness (QED) is 0.517. The van der Waals surface area contributed by atoms with Gasteiger partial charge >= 0.3 is 5.69 Å². The molecule has 0 saturated heterocycles. The highest BCUT2D eigenvalue weighted by Gasteiger charge is 2.39. The molecule has 0 spiro atoms. The molecule has 118 valence electrons. The van der Waals surface area contributed by atoms with Gasteiger partial charge in [-0.3, -0.25) is 14.9 Å². The molecule has 1 N–H and O–H groups in total. The lowest BCUT2D eigenvalue weighted by molar-refractivity contribution is -0.387. The summed E-state index contributed by atoms with van der Waals surface area (Å²) in [5.74, 6) is -1.12. The van der Waals surface area contributed by atoms with Gasteiger partial charge in [-0.25, -0.2) is 0 Å².